The number of nitrogens with zero attached hydrogens (tertiary/aromatic N) is 3. The standard InChI is InChI=1S/C13H17N5O/c1-13(9-6-4-3-5-7-9)10(15)18(8-14)12(16)17(2)11(13)19/h6,15-16H,3-5,7H2,1-2H3. The number of carbonyl (C=O) groups excluding carboxylic acids is 1. The summed E-state index contributed by atoms with van der Waals surface area (Å²) >= 11 is 0. The van der Waals surface area contributed by atoms with Crippen LogP contribution in [0, 0.1) is 27.7 Å². The van der Waals surface area contributed by atoms with Gasteiger partial charge in [-0.15, -0.1) is 0 Å². The summed E-state index contributed by atoms with van der Waals surface area (Å²) in [5.41, 5.74) is -0.219. The van der Waals surface area contributed by atoms with E-state index >= 15 is 0 Å². The van der Waals surface area contributed by atoms with Crippen LogP contribution >= 0.6 is 0 Å². The summed E-state index contributed by atoms with van der Waals surface area (Å²) in [4.78, 5) is 14.6. The van der Waals surface area contributed by atoms with E-state index in [0.29, 0.717) is 0 Å². The van der Waals surface area contributed by atoms with Crippen molar-refractivity contribution in [2.45, 2.75) is 32.6 Å². The highest BCUT2D eigenvalue weighted by Gasteiger charge is 2.51. The van der Waals surface area contributed by atoms with Gasteiger partial charge in [0.05, 0.1) is 0 Å². The Kier molecular flexibility index (Phi) is 3.14. The van der Waals surface area contributed by atoms with E-state index in [1.54, 1.807) is 6.92 Å². The topological polar surface area (TPSA) is 95.0 Å². The van der Waals surface area contributed by atoms with Gasteiger partial charge in [-0.2, -0.15) is 5.26 Å². The van der Waals surface area contributed by atoms with Crippen LogP contribution in [0.2, 0.25) is 0 Å². The van der Waals surface area contributed by atoms with E-state index in [1.807, 2.05) is 12.3 Å². The number of hydrogen-bond acceptors (Lipinski definition) is 4. The fourth-order valence-electron chi connectivity index (χ4n) is 2.69. The van der Waals surface area contributed by atoms with Crippen LogP contribution in [-0.4, -0.2) is 34.5 Å². The van der Waals surface area contributed by atoms with Crippen molar-refractivity contribution in [1.29, 1.82) is 16.1 Å². The molecule has 0 radical (unpaired) electrons. The number of amides is 1. The van der Waals surface area contributed by atoms with E-state index in [4.69, 9.17) is 16.1 Å². The Morgan fingerprint density at radius 2 is 2.11 bits per heavy atom. The molecule has 1 aliphatic heterocycles. The molecule has 6 nitrogen and oxygen atoms in total. The second-order valence-electron chi connectivity index (χ2n) is 5.07. The lowest BCUT2D eigenvalue weighted by Crippen LogP contribution is -2.62. The van der Waals surface area contributed by atoms with Gasteiger partial charge in [0.15, 0.2) is 6.19 Å². The van der Waals surface area contributed by atoms with Crippen LogP contribution in [0.25, 0.3) is 0 Å². The Hall–Kier alpha value is -2.16. The van der Waals surface area contributed by atoms with Gasteiger partial charge in [-0.25, -0.2) is 4.90 Å². The molecule has 0 aromatic heterocycles. The van der Waals surface area contributed by atoms with E-state index in [2.05, 4.69) is 0 Å². The first-order valence-corrected chi connectivity index (χ1v) is 6.29. The van der Waals surface area contributed by atoms with Gasteiger partial charge in [-0.1, -0.05) is 11.6 Å². The predicted molar refractivity (Wildman–Crippen MR) is 70.3 cm³/mol. The molecule has 0 saturated carbocycles. The van der Waals surface area contributed by atoms with Crippen LogP contribution in [0.15, 0.2) is 11.6 Å². The maximum atomic E-state index is 12.5. The van der Waals surface area contributed by atoms with Crippen LogP contribution < -0.4 is 0 Å². The molecule has 2 aliphatic rings. The minimum atomic E-state index is -1.12. The van der Waals surface area contributed by atoms with Gasteiger partial charge in [-0.05, 0) is 32.6 Å². The number of rotatable bonds is 1. The molecule has 1 aliphatic carbocycles. The van der Waals surface area contributed by atoms with E-state index in [1.165, 1.54) is 7.05 Å². The number of carbonyl (C=O) groups is 1. The fourth-order valence-corrected chi connectivity index (χ4v) is 2.69. The molecule has 0 bridgehead atoms. The first kappa shape index (κ1) is 13.3. The van der Waals surface area contributed by atoms with Gasteiger partial charge < -0.3 is 0 Å². The number of hydrogen-bond donors (Lipinski definition) is 2. The third-order valence-electron chi connectivity index (χ3n) is 3.99. The molecule has 1 heterocycles. The zero-order valence-corrected chi connectivity index (χ0v) is 11.2. The normalized spacial score (nSPS) is 28.3. The lowest BCUT2D eigenvalue weighted by Gasteiger charge is -2.43. The van der Waals surface area contributed by atoms with Crippen molar-refractivity contribution < 1.29 is 4.79 Å². The van der Waals surface area contributed by atoms with E-state index in [0.717, 1.165) is 41.1 Å². The van der Waals surface area contributed by atoms with Crippen LogP contribution in [0.5, 0.6) is 0 Å². The molecule has 1 fully saturated rings. The second-order valence-corrected chi connectivity index (χ2v) is 5.07. The van der Waals surface area contributed by atoms with Gasteiger partial charge in [0.25, 0.3) is 0 Å². The largest absolute Gasteiger partial charge is 0.286 e. The molecule has 0 aromatic carbocycles. The Balaban J connectivity index is 2.51. The lowest BCUT2D eigenvalue weighted by molar-refractivity contribution is -0.132. The molecule has 1 saturated heterocycles. The second kappa shape index (κ2) is 4.50. The molecule has 1 amide bonds. The number of nitrogens with one attached hydrogen (secondary N) is 2. The fraction of sp³-hybridized carbons (Fsp3) is 0.538. The number of guanidine groups is 1. The zero-order chi connectivity index (χ0) is 14.2. The van der Waals surface area contributed by atoms with Gasteiger partial charge in [-0.3, -0.25) is 20.5 Å². The molecule has 6 heteroatoms. The molecular formula is C13H17N5O. The molecule has 1 unspecified atom stereocenters. The first-order chi connectivity index (χ1) is 8.94. The highest BCUT2D eigenvalue weighted by atomic mass is 16.2. The predicted octanol–water partition coefficient (Wildman–Crippen LogP) is 1.66. The summed E-state index contributed by atoms with van der Waals surface area (Å²) in [5.74, 6) is -0.676. The summed E-state index contributed by atoms with van der Waals surface area (Å²) in [7, 11) is 1.48. The van der Waals surface area contributed by atoms with Gasteiger partial charge in [0, 0.05) is 7.05 Å². The average molecular weight is 259 g/mol. The van der Waals surface area contributed by atoms with Crippen molar-refractivity contribution in [3.63, 3.8) is 0 Å². The molecule has 100 valence electrons. The molecule has 1 atom stereocenters. The van der Waals surface area contributed by atoms with Crippen molar-refractivity contribution in [1.82, 2.24) is 9.80 Å². The van der Waals surface area contributed by atoms with Crippen molar-refractivity contribution in [3.8, 4) is 6.19 Å². The number of amidine groups is 1. The Labute approximate surface area is 112 Å². The SMILES string of the molecule is CN1C(=N)N(C#N)C(=N)C(C)(C2=CCCCC2)C1=O. The lowest BCUT2D eigenvalue weighted by atomic mass is 9.73. The first-order valence-electron chi connectivity index (χ1n) is 6.29. The minimum Gasteiger partial charge on any atom is -0.286 e. The summed E-state index contributed by atoms with van der Waals surface area (Å²) < 4.78 is 0. The molecule has 0 aromatic rings. The Morgan fingerprint density at radius 1 is 1.42 bits per heavy atom. The van der Waals surface area contributed by atoms with Crippen molar-refractivity contribution in [2.75, 3.05) is 7.05 Å². The minimum absolute atomic E-state index is 0.115. The van der Waals surface area contributed by atoms with E-state index in [-0.39, 0.29) is 17.7 Å². The van der Waals surface area contributed by atoms with Crippen molar-refractivity contribution >= 4 is 17.7 Å². The number of nitriles is 1. The third-order valence-corrected chi connectivity index (χ3v) is 3.99. The maximum Gasteiger partial charge on any atom is 0.246 e. The summed E-state index contributed by atoms with van der Waals surface area (Å²) in [6.45, 7) is 1.68. The molecule has 2 rings (SSSR count). The Morgan fingerprint density at radius 3 is 2.63 bits per heavy atom. The highest BCUT2D eigenvalue weighted by Crippen LogP contribution is 2.40. The number of allylic oxidation sites excluding steroid dienone is 1. The molecular weight excluding hydrogens is 242 g/mol. The van der Waals surface area contributed by atoms with Gasteiger partial charge in [0.2, 0.25) is 11.9 Å². The quantitative estimate of drug-likeness (QED) is 0.553. The monoisotopic (exact) mass is 259 g/mol. The van der Waals surface area contributed by atoms with E-state index < -0.39 is 5.41 Å². The Bertz CT molecular complexity index is 530. The molecule has 19 heavy (non-hydrogen) atoms. The summed E-state index contributed by atoms with van der Waals surface area (Å²) in [6, 6.07) is 0. The molecule has 2 N–H and O–H groups in total. The maximum absolute atomic E-state index is 12.5. The van der Waals surface area contributed by atoms with E-state index in [9.17, 15) is 4.79 Å². The highest BCUT2D eigenvalue weighted by molar-refractivity contribution is 6.22. The zero-order valence-electron chi connectivity index (χ0n) is 11.2. The van der Waals surface area contributed by atoms with Crippen LogP contribution in [0.4, 0.5) is 0 Å². The van der Waals surface area contributed by atoms with Gasteiger partial charge in [0.1, 0.15) is 11.3 Å². The van der Waals surface area contributed by atoms with Crippen molar-refractivity contribution in [3.05, 3.63) is 11.6 Å². The summed E-state index contributed by atoms with van der Waals surface area (Å²) in [5, 5.41) is 25.0. The van der Waals surface area contributed by atoms with Gasteiger partial charge >= 0.3 is 0 Å². The van der Waals surface area contributed by atoms with Crippen LogP contribution in [-0.2, 0) is 4.79 Å². The molecule has 0 spiro atoms. The van der Waals surface area contributed by atoms with Crippen LogP contribution in [0.3, 0.4) is 0 Å². The smallest absolute Gasteiger partial charge is 0.246 e. The summed E-state index contributed by atoms with van der Waals surface area (Å²) in [6.07, 6.45) is 7.58. The van der Waals surface area contributed by atoms with Crippen LogP contribution in [0.1, 0.15) is 32.6 Å². The third kappa shape index (κ3) is 1.73. The van der Waals surface area contributed by atoms with Crippen molar-refractivity contribution in [2.24, 2.45) is 5.41 Å². The average Bonchev–Trinajstić information content (AvgIpc) is 2.44.